The number of halogens is 1. The highest BCUT2D eigenvalue weighted by Gasteiger charge is 2.26. The molecule has 2 aromatic rings. The normalized spacial score (nSPS) is 14.7. The number of carbonyl (C=O) groups excluding carboxylic acids is 1. The summed E-state index contributed by atoms with van der Waals surface area (Å²) in [6, 6.07) is 6.64. The van der Waals surface area contributed by atoms with E-state index in [1.54, 1.807) is 0 Å². The Kier molecular flexibility index (Phi) is 3.42. The summed E-state index contributed by atoms with van der Waals surface area (Å²) in [5.41, 5.74) is 1.27. The zero-order valence-corrected chi connectivity index (χ0v) is 12.2. The lowest BCUT2D eigenvalue weighted by Gasteiger charge is -2.03. The molecule has 0 radical (unpaired) electrons. The van der Waals surface area contributed by atoms with Gasteiger partial charge in [-0.15, -0.1) is 0 Å². The first-order chi connectivity index (χ1) is 10.9. The van der Waals surface area contributed by atoms with Gasteiger partial charge in [-0.2, -0.15) is 0 Å². The van der Waals surface area contributed by atoms with Gasteiger partial charge in [-0.25, -0.2) is 0 Å². The molecule has 0 bridgehead atoms. The number of hydrogen-bond acceptors (Lipinski definition) is 5. The van der Waals surface area contributed by atoms with Crippen LogP contribution in [-0.2, 0) is 4.79 Å². The van der Waals surface area contributed by atoms with Crippen molar-refractivity contribution in [3.8, 4) is 11.5 Å². The zero-order chi connectivity index (χ0) is 16.7. The minimum absolute atomic E-state index is 0.0745. The second-order valence-electron chi connectivity index (χ2n) is 4.87. The Morgan fingerprint density at radius 3 is 2.61 bits per heavy atom. The van der Waals surface area contributed by atoms with Crippen LogP contribution in [0.2, 0.25) is 5.02 Å². The molecule has 2 aromatic carbocycles. The van der Waals surface area contributed by atoms with Crippen molar-refractivity contribution in [1.29, 1.82) is 0 Å². The predicted octanol–water partition coefficient (Wildman–Crippen LogP) is 3.15. The summed E-state index contributed by atoms with van der Waals surface area (Å²) < 4.78 is 0. The monoisotopic (exact) mass is 332 g/mol. The van der Waals surface area contributed by atoms with E-state index in [2.05, 4.69) is 5.32 Å². The number of benzene rings is 2. The first-order valence-electron chi connectivity index (χ1n) is 6.40. The molecule has 3 N–H and O–H groups in total. The van der Waals surface area contributed by atoms with Crippen molar-refractivity contribution in [2.75, 3.05) is 5.32 Å². The Bertz CT molecular complexity index is 868. The van der Waals surface area contributed by atoms with Crippen LogP contribution in [0.4, 0.5) is 11.4 Å². The predicted molar refractivity (Wildman–Crippen MR) is 84.4 cm³/mol. The summed E-state index contributed by atoms with van der Waals surface area (Å²) in [5, 5.41) is 32.4. The Morgan fingerprint density at radius 2 is 1.96 bits per heavy atom. The Balaban J connectivity index is 2.13. The van der Waals surface area contributed by atoms with Crippen molar-refractivity contribution < 1.29 is 19.9 Å². The van der Waals surface area contributed by atoms with E-state index in [9.17, 15) is 25.1 Å². The first kappa shape index (κ1) is 14.9. The van der Waals surface area contributed by atoms with Gasteiger partial charge in [0, 0.05) is 29.0 Å². The van der Waals surface area contributed by atoms with Gasteiger partial charge < -0.3 is 15.5 Å². The topological polar surface area (TPSA) is 113 Å². The molecule has 1 aliphatic heterocycles. The van der Waals surface area contributed by atoms with E-state index in [4.69, 9.17) is 11.6 Å². The molecular weight excluding hydrogens is 324 g/mol. The van der Waals surface area contributed by atoms with Crippen LogP contribution in [0.15, 0.2) is 30.3 Å². The number of nitro benzene ring substituents is 1. The highest BCUT2D eigenvalue weighted by Crippen LogP contribution is 2.38. The van der Waals surface area contributed by atoms with Crippen molar-refractivity contribution in [3.05, 3.63) is 56.6 Å². The summed E-state index contributed by atoms with van der Waals surface area (Å²) in [7, 11) is 0. The van der Waals surface area contributed by atoms with Gasteiger partial charge in [-0.05, 0) is 29.8 Å². The molecule has 1 amide bonds. The van der Waals surface area contributed by atoms with Crippen LogP contribution in [0.1, 0.15) is 11.1 Å². The van der Waals surface area contributed by atoms with E-state index < -0.39 is 22.3 Å². The summed E-state index contributed by atoms with van der Waals surface area (Å²) in [6.45, 7) is 0. The van der Waals surface area contributed by atoms with Crippen LogP contribution in [0.3, 0.4) is 0 Å². The fourth-order valence-electron chi connectivity index (χ4n) is 2.29. The highest BCUT2D eigenvalue weighted by atomic mass is 35.5. The molecule has 116 valence electrons. The van der Waals surface area contributed by atoms with Gasteiger partial charge in [-0.1, -0.05) is 11.6 Å². The lowest BCUT2D eigenvalue weighted by molar-refractivity contribution is -0.384. The van der Waals surface area contributed by atoms with E-state index in [0.717, 1.165) is 0 Å². The van der Waals surface area contributed by atoms with Crippen LogP contribution in [0.25, 0.3) is 11.6 Å². The molecule has 0 spiro atoms. The summed E-state index contributed by atoms with van der Waals surface area (Å²) in [4.78, 5) is 22.4. The Hall–Kier alpha value is -3.06. The summed E-state index contributed by atoms with van der Waals surface area (Å²) in [6.07, 6.45) is 1.43. The quantitative estimate of drug-likeness (QED) is 0.338. The third-order valence-electron chi connectivity index (χ3n) is 3.37. The SMILES string of the molecule is O=C1Nc2ccc([N+](=O)[O-])cc2C1=Cc1cc(O)c(O)c(Cl)c1. The second-order valence-corrected chi connectivity index (χ2v) is 5.28. The number of phenolic OH excluding ortho intramolecular Hbond substituents is 2. The number of nitrogens with one attached hydrogen (secondary N) is 1. The summed E-state index contributed by atoms with van der Waals surface area (Å²) >= 11 is 5.78. The van der Waals surface area contributed by atoms with Gasteiger partial charge in [0.05, 0.1) is 9.95 Å². The third kappa shape index (κ3) is 2.58. The van der Waals surface area contributed by atoms with E-state index in [1.807, 2.05) is 0 Å². The minimum Gasteiger partial charge on any atom is -0.504 e. The van der Waals surface area contributed by atoms with Gasteiger partial charge >= 0.3 is 0 Å². The number of non-ortho nitro benzene ring substituents is 1. The van der Waals surface area contributed by atoms with Crippen molar-refractivity contribution >= 4 is 40.5 Å². The number of phenols is 2. The van der Waals surface area contributed by atoms with Gasteiger partial charge in [0.2, 0.25) is 0 Å². The molecule has 1 heterocycles. The van der Waals surface area contributed by atoms with Crippen molar-refractivity contribution in [3.63, 3.8) is 0 Å². The number of anilines is 1. The molecule has 0 unspecified atom stereocenters. The van der Waals surface area contributed by atoms with Gasteiger partial charge in [0.25, 0.3) is 11.6 Å². The maximum atomic E-state index is 12.1. The maximum Gasteiger partial charge on any atom is 0.270 e. The van der Waals surface area contributed by atoms with Crippen LogP contribution < -0.4 is 5.32 Å². The molecule has 7 nitrogen and oxygen atoms in total. The number of hydrogen-bond donors (Lipinski definition) is 3. The van der Waals surface area contributed by atoms with Crippen molar-refractivity contribution in [2.45, 2.75) is 0 Å². The number of nitrogens with zero attached hydrogens (tertiary/aromatic N) is 1. The van der Waals surface area contributed by atoms with Crippen LogP contribution in [0.5, 0.6) is 11.5 Å². The maximum absolute atomic E-state index is 12.1. The third-order valence-corrected chi connectivity index (χ3v) is 3.66. The molecule has 0 saturated carbocycles. The van der Waals surface area contributed by atoms with Gasteiger partial charge in [0.15, 0.2) is 11.5 Å². The molecule has 23 heavy (non-hydrogen) atoms. The molecule has 0 fully saturated rings. The zero-order valence-electron chi connectivity index (χ0n) is 11.4. The van der Waals surface area contributed by atoms with E-state index in [-0.39, 0.29) is 16.3 Å². The van der Waals surface area contributed by atoms with Crippen LogP contribution >= 0.6 is 11.6 Å². The average molecular weight is 333 g/mol. The molecule has 0 aromatic heterocycles. The van der Waals surface area contributed by atoms with E-state index in [1.165, 1.54) is 36.4 Å². The number of carbonyl (C=O) groups is 1. The molecule has 0 atom stereocenters. The number of amides is 1. The van der Waals surface area contributed by atoms with Crippen molar-refractivity contribution in [2.24, 2.45) is 0 Å². The minimum atomic E-state index is -0.552. The molecule has 0 aliphatic carbocycles. The van der Waals surface area contributed by atoms with Crippen molar-refractivity contribution in [1.82, 2.24) is 0 Å². The molecule has 0 saturated heterocycles. The Morgan fingerprint density at radius 1 is 1.22 bits per heavy atom. The van der Waals surface area contributed by atoms with E-state index >= 15 is 0 Å². The second kappa shape index (κ2) is 5.29. The number of rotatable bonds is 2. The fraction of sp³-hybridized carbons (Fsp3) is 0. The lowest BCUT2D eigenvalue weighted by Crippen LogP contribution is -2.03. The number of nitro groups is 1. The van der Waals surface area contributed by atoms with Gasteiger partial charge in [-0.3, -0.25) is 14.9 Å². The smallest absolute Gasteiger partial charge is 0.270 e. The lowest BCUT2D eigenvalue weighted by atomic mass is 10.0. The van der Waals surface area contributed by atoms with Gasteiger partial charge in [0.1, 0.15) is 0 Å². The van der Waals surface area contributed by atoms with Crippen LogP contribution in [-0.4, -0.2) is 21.0 Å². The fourth-order valence-corrected chi connectivity index (χ4v) is 2.51. The number of aromatic hydroxyl groups is 2. The largest absolute Gasteiger partial charge is 0.504 e. The molecular formula is C15H9ClN2O5. The molecule has 8 heteroatoms. The molecule has 1 aliphatic rings. The Labute approximate surface area is 134 Å². The first-order valence-corrected chi connectivity index (χ1v) is 6.78. The summed E-state index contributed by atoms with van der Waals surface area (Å²) in [5.74, 6) is -1.31. The average Bonchev–Trinajstić information content (AvgIpc) is 2.80. The standard InChI is InChI=1S/C15H9ClN2O5/c16-11-4-7(5-13(19)14(11)20)3-10-9-6-8(18(22)23)1-2-12(9)17-15(10)21/h1-6,19-20H,(H,17,21). The van der Waals surface area contributed by atoms with E-state index in [0.29, 0.717) is 16.8 Å². The number of fused-ring (bicyclic) bond motifs is 1. The van der Waals surface area contributed by atoms with Crippen LogP contribution in [0, 0.1) is 10.1 Å². The molecule has 3 rings (SSSR count). The highest BCUT2D eigenvalue weighted by molar-refractivity contribution is 6.35.